The topological polar surface area (TPSA) is 84.0 Å². The number of anilines is 1. The zero-order chi connectivity index (χ0) is 22.8. The molecule has 2 aromatic carbocycles. The number of urea groups is 1. The van der Waals surface area contributed by atoms with Crippen LogP contribution in [0.1, 0.15) is 15.9 Å². The second kappa shape index (κ2) is 8.82. The minimum atomic E-state index is -0.147. The van der Waals surface area contributed by atoms with Crippen molar-refractivity contribution in [3.8, 4) is 22.6 Å². The number of aromatic nitrogens is 1. The van der Waals surface area contributed by atoms with Gasteiger partial charge in [-0.3, -0.25) is 14.7 Å². The number of nitrogens with one attached hydrogen (secondary N) is 1. The number of fused-ring (bicyclic) bond motifs is 1. The molecule has 1 fully saturated rings. The van der Waals surface area contributed by atoms with E-state index in [0.29, 0.717) is 55.5 Å². The summed E-state index contributed by atoms with van der Waals surface area (Å²) < 4.78 is 11.6. The summed E-state index contributed by atoms with van der Waals surface area (Å²) in [6, 6.07) is 14.9. The molecular weight excluding hydrogens is 420 g/mol. The van der Waals surface area contributed by atoms with Gasteiger partial charge in [0.2, 0.25) is 0 Å². The molecule has 1 N–H and O–H groups in total. The van der Waals surface area contributed by atoms with E-state index in [-0.39, 0.29) is 11.9 Å². The molecule has 3 heterocycles. The summed E-state index contributed by atoms with van der Waals surface area (Å²) >= 11 is 0. The third-order valence-electron chi connectivity index (χ3n) is 5.86. The molecule has 3 amide bonds. The number of rotatable bonds is 4. The molecule has 1 aromatic heterocycles. The van der Waals surface area contributed by atoms with Gasteiger partial charge in [-0.15, -0.1) is 0 Å². The number of hydrogen-bond acceptors (Lipinski definition) is 5. The number of methoxy groups -OCH3 is 1. The van der Waals surface area contributed by atoms with Gasteiger partial charge in [0, 0.05) is 54.4 Å². The van der Waals surface area contributed by atoms with Crippen molar-refractivity contribution in [2.24, 2.45) is 0 Å². The fourth-order valence-corrected chi connectivity index (χ4v) is 4.22. The molecule has 2 aliphatic heterocycles. The van der Waals surface area contributed by atoms with Crippen LogP contribution >= 0.6 is 0 Å². The van der Waals surface area contributed by atoms with Gasteiger partial charge in [-0.05, 0) is 42.0 Å². The van der Waals surface area contributed by atoms with E-state index >= 15 is 0 Å². The normalized spacial score (nSPS) is 15.4. The molecule has 0 bridgehead atoms. The Bertz CT molecular complexity index is 1200. The van der Waals surface area contributed by atoms with Gasteiger partial charge in [0.05, 0.1) is 13.7 Å². The number of carbonyl (C=O) groups is 2. The van der Waals surface area contributed by atoms with E-state index in [9.17, 15) is 9.59 Å². The van der Waals surface area contributed by atoms with Gasteiger partial charge in [0.1, 0.15) is 6.61 Å². The molecule has 8 nitrogen and oxygen atoms in total. The predicted molar refractivity (Wildman–Crippen MR) is 124 cm³/mol. The Morgan fingerprint density at radius 2 is 2.03 bits per heavy atom. The lowest BCUT2D eigenvalue weighted by molar-refractivity contribution is 0.0733. The smallest absolute Gasteiger partial charge is 0.321 e. The second-order valence-corrected chi connectivity index (χ2v) is 7.92. The van der Waals surface area contributed by atoms with Crippen LogP contribution in [0.4, 0.5) is 10.5 Å². The summed E-state index contributed by atoms with van der Waals surface area (Å²) in [6.07, 6.45) is 3.52. The first kappa shape index (κ1) is 20.8. The zero-order valence-corrected chi connectivity index (χ0v) is 18.3. The molecule has 168 valence electrons. The number of carbonyl (C=O) groups excluding carboxylic acids is 2. The van der Waals surface area contributed by atoms with E-state index < -0.39 is 0 Å². The van der Waals surface area contributed by atoms with Crippen molar-refractivity contribution in [2.45, 2.75) is 6.54 Å². The standard InChI is InChI=1S/C25H24N4O4/c1-32-22-14-19(18-5-3-7-26-15-18)12-20-16-28(10-11-33-23(20)22)24(30)17-4-2-6-21(13-17)29-9-8-27-25(29)31/h2-7,12-15H,8-11,16H2,1H3,(H,27,31). The number of ether oxygens (including phenoxy) is 2. The average Bonchev–Trinajstić information content (AvgIpc) is 3.17. The van der Waals surface area contributed by atoms with Crippen molar-refractivity contribution in [3.05, 3.63) is 72.1 Å². The summed E-state index contributed by atoms with van der Waals surface area (Å²) in [4.78, 5) is 33.1. The van der Waals surface area contributed by atoms with Crippen molar-refractivity contribution < 1.29 is 19.1 Å². The summed E-state index contributed by atoms with van der Waals surface area (Å²) in [6.45, 7) is 2.35. The summed E-state index contributed by atoms with van der Waals surface area (Å²) in [5.41, 5.74) is 4.01. The molecule has 0 spiro atoms. The lowest BCUT2D eigenvalue weighted by Crippen LogP contribution is -2.33. The third kappa shape index (κ3) is 4.07. The Morgan fingerprint density at radius 3 is 2.79 bits per heavy atom. The number of hydrogen-bond donors (Lipinski definition) is 1. The Hall–Kier alpha value is -4.07. The largest absolute Gasteiger partial charge is 0.493 e. The molecule has 0 unspecified atom stereocenters. The van der Waals surface area contributed by atoms with Crippen LogP contribution in [0.25, 0.3) is 11.1 Å². The maximum Gasteiger partial charge on any atom is 0.321 e. The van der Waals surface area contributed by atoms with Crippen LogP contribution in [0.3, 0.4) is 0 Å². The molecular formula is C25H24N4O4. The minimum absolute atomic E-state index is 0.112. The molecule has 5 rings (SSSR count). The fourth-order valence-electron chi connectivity index (χ4n) is 4.22. The van der Waals surface area contributed by atoms with Crippen LogP contribution in [0.5, 0.6) is 11.5 Å². The number of amides is 3. The minimum Gasteiger partial charge on any atom is -0.493 e. The number of pyridine rings is 1. The maximum absolute atomic E-state index is 13.4. The Morgan fingerprint density at radius 1 is 1.12 bits per heavy atom. The molecule has 0 atom stereocenters. The van der Waals surface area contributed by atoms with E-state index in [2.05, 4.69) is 10.3 Å². The van der Waals surface area contributed by atoms with Crippen LogP contribution in [-0.2, 0) is 6.54 Å². The highest BCUT2D eigenvalue weighted by Crippen LogP contribution is 2.38. The lowest BCUT2D eigenvalue weighted by Gasteiger charge is -2.21. The Labute approximate surface area is 191 Å². The molecule has 1 saturated heterocycles. The maximum atomic E-state index is 13.4. The molecule has 3 aromatic rings. The molecule has 0 saturated carbocycles. The van der Waals surface area contributed by atoms with E-state index in [0.717, 1.165) is 16.7 Å². The molecule has 2 aliphatic rings. The molecule has 0 radical (unpaired) electrons. The fraction of sp³-hybridized carbons (Fsp3) is 0.240. The first-order valence-corrected chi connectivity index (χ1v) is 10.8. The van der Waals surface area contributed by atoms with Gasteiger partial charge in [0.25, 0.3) is 5.91 Å². The number of nitrogens with zero attached hydrogens (tertiary/aromatic N) is 3. The number of benzene rings is 2. The van der Waals surface area contributed by atoms with E-state index in [4.69, 9.17) is 9.47 Å². The van der Waals surface area contributed by atoms with Gasteiger partial charge >= 0.3 is 6.03 Å². The summed E-state index contributed by atoms with van der Waals surface area (Å²) in [5.74, 6) is 1.17. The van der Waals surface area contributed by atoms with Crippen molar-refractivity contribution in [1.82, 2.24) is 15.2 Å². The van der Waals surface area contributed by atoms with Gasteiger partial charge < -0.3 is 19.7 Å². The zero-order valence-electron chi connectivity index (χ0n) is 18.3. The predicted octanol–water partition coefficient (Wildman–Crippen LogP) is 3.32. The highest BCUT2D eigenvalue weighted by Gasteiger charge is 2.26. The summed E-state index contributed by atoms with van der Waals surface area (Å²) in [7, 11) is 1.61. The van der Waals surface area contributed by atoms with Crippen LogP contribution in [0.2, 0.25) is 0 Å². The van der Waals surface area contributed by atoms with E-state index in [1.54, 1.807) is 47.5 Å². The van der Waals surface area contributed by atoms with Crippen molar-refractivity contribution >= 4 is 17.6 Å². The summed E-state index contributed by atoms with van der Waals surface area (Å²) in [5, 5.41) is 2.79. The van der Waals surface area contributed by atoms with Gasteiger partial charge in [-0.25, -0.2) is 4.79 Å². The first-order chi connectivity index (χ1) is 16.1. The van der Waals surface area contributed by atoms with E-state index in [1.807, 2.05) is 30.3 Å². The third-order valence-corrected chi connectivity index (χ3v) is 5.86. The SMILES string of the molecule is COc1cc(-c2cccnc2)cc2c1OCCN(C(=O)c1cccc(N3CCNC3=O)c1)C2. The molecule has 0 aliphatic carbocycles. The highest BCUT2D eigenvalue weighted by molar-refractivity contribution is 5.98. The van der Waals surface area contributed by atoms with Crippen molar-refractivity contribution in [2.75, 3.05) is 38.3 Å². The van der Waals surface area contributed by atoms with Crippen molar-refractivity contribution in [1.29, 1.82) is 0 Å². The van der Waals surface area contributed by atoms with Crippen molar-refractivity contribution in [3.63, 3.8) is 0 Å². The first-order valence-electron chi connectivity index (χ1n) is 10.8. The second-order valence-electron chi connectivity index (χ2n) is 7.92. The Kier molecular flexibility index (Phi) is 5.56. The van der Waals surface area contributed by atoms with Gasteiger partial charge in [0.15, 0.2) is 11.5 Å². The van der Waals surface area contributed by atoms with E-state index in [1.165, 1.54) is 0 Å². The van der Waals surface area contributed by atoms with Crippen LogP contribution in [-0.4, -0.2) is 55.2 Å². The van der Waals surface area contributed by atoms with Gasteiger partial charge in [-0.2, -0.15) is 0 Å². The van der Waals surface area contributed by atoms with Gasteiger partial charge in [-0.1, -0.05) is 12.1 Å². The monoisotopic (exact) mass is 444 g/mol. The van der Waals surface area contributed by atoms with Crippen LogP contribution in [0.15, 0.2) is 60.9 Å². The van der Waals surface area contributed by atoms with Crippen LogP contribution < -0.4 is 19.7 Å². The highest BCUT2D eigenvalue weighted by atomic mass is 16.5. The Balaban J connectivity index is 1.45. The molecule has 33 heavy (non-hydrogen) atoms. The quantitative estimate of drug-likeness (QED) is 0.668. The van der Waals surface area contributed by atoms with Crippen LogP contribution in [0, 0.1) is 0 Å². The lowest BCUT2D eigenvalue weighted by atomic mass is 10.0. The molecule has 8 heteroatoms. The average molecular weight is 444 g/mol.